The molecule has 0 saturated carbocycles. The van der Waals surface area contributed by atoms with E-state index in [9.17, 15) is 4.39 Å². The zero-order chi connectivity index (χ0) is 14.7. The molecule has 0 amide bonds. The van der Waals surface area contributed by atoms with Gasteiger partial charge in [0.2, 0.25) is 0 Å². The quantitative estimate of drug-likeness (QED) is 0.671. The van der Waals surface area contributed by atoms with E-state index >= 15 is 0 Å². The fourth-order valence-electron chi connectivity index (χ4n) is 2.12. The summed E-state index contributed by atoms with van der Waals surface area (Å²) in [6.45, 7) is 1.89. The summed E-state index contributed by atoms with van der Waals surface area (Å²) in [6, 6.07) is 9.97. The van der Waals surface area contributed by atoms with Crippen LogP contribution in [-0.2, 0) is 0 Å². The van der Waals surface area contributed by atoms with Crippen LogP contribution in [0.15, 0.2) is 36.4 Å². The molecular formula is C15H16ClFN2O. The molecule has 0 radical (unpaired) electrons. The van der Waals surface area contributed by atoms with Crippen molar-refractivity contribution in [2.45, 2.75) is 13.0 Å². The van der Waals surface area contributed by atoms with Gasteiger partial charge in [0.1, 0.15) is 0 Å². The molecule has 2 aromatic carbocycles. The van der Waals surface area contributed by atoms with Crippen LogP contribution < -0.4 is 16.0 Å². The number of hydrogen-bond acceptors (Lipinski definition) is 3. The van der Waals surface area contributed by atoms with Crippen molar-refractivity contribution in [2.24, 2.45) is 5.84 Å². The van der Waals surface area contributed by atoms with E-state index in [0.29, 0.717) is 10.6 Å². The number of aryl methyl sites for hydroxylation is 1. The Morgan fingerprint density at radius 3 is 2.65 bits per heavy atom. The maximum atomic E-state index is 14.3. The van der Waals surface area contributed by atoms with Crippen LogP contribution in [0.5, 0.6) is 5.75 Å². The first-order chi connectivity index (χ1) is 9.58. The van der Waals surface area contributed by atoms with Gasteiger partial charge in [0.25, 0.3) is 0 Å². The lowest BCUT2D eigenvalue weighted by molar-refractivity contribution is 0.381. The fraction of sp³-hybridized carbons (Fsp3) is 0.200. The molecule has 3 N–H and O–H groups in total. The number of nitrogens with one attached hydrogen (secondary N) is 1. The predicted molar refractivity (Wildman–Crippen MR) is 78.3 cm³/mol. The molecule has 3 nitrogen and oxygen atoms in total. The highest BCUT2D eigenvalue weighted by molar-refractivity contribution is 6.31. The van der Waals surface area contributed by atoms with Gasteiger partial charge in [-0.3, -0.25) is 5.84 Å². The second-order valence-electron chi connectivity index (χ2n) is 4.47. The van der Waals surface area contributed by atoms with Gasteiger partial charge in [-0.05, 0) is 30.2 Å². The van der Waals surface area contributed by atoms with Gasteiger partial charge in [-0.15, -0.1) is 0 Å². The van der Waals surface area contributed by atoms with Crippen LogP contribution in [0.1, 0.15) is 22.7 Å². The average Bonchev–Trinajstić information content (AvgIpc) is 2.45. The Morgan fingerprint density at radius 2 is 2.05 bits per heavy atom. The minimum Gasteiger partial charge on any atom is -0.494 e. The van der Waals surface area contributed by atoms with E-state index in [0.717, 1.165) is 11.1 Å². The molecule has 0 aliphatic heterocycles. The zero-order valence-electron chi connectivity index (χ0n) is 11.3. The highest BCUT2D eigenvalue weighted by atomic mass is 35.5. The topological polar surface area (TPSA) is 47.3 Å². The molecule has 5 heteroatoms. The summed E-state index contributed by atoms with van der Waals surface area (Å²) >= 11 is 6.01. The maximum absolute atomic E-state index is 14.3. The Kier molecular flexibility index (Phi) is 4.60. The summed E-state index contributed by atoms with van der Waals surface area (Å²) in [5.74, 6) is 5.36. The number of hydrazine groups is 1. The van der Waals surface area contributed by atoms with Gasteiger partial charge in [-0.1, -0.05) is 35.9 Å². The molecule has 1 atom stereocenters. The van der Waals surface area contributed by atoms with Crippen LogP contribution in [0.2, 0.25) is 5.02 Å². The van der Waals surface area contributed by atoms with Crippen LogP contribution in [0, 0.1) is 12.7 Å². The highest BCUT2D eigenvalue weighted by Gasteiger charge is 2.19. The van der Waals surface area contributed by atoms with Crippen molar-refractivity contribution < 1.29 is 9.13 Å². The number of benzene rings is 2. The number of halogens is 2. The fourth-order valence-corrected chi connectivity index (χ4v) is 2.24. The van der Waals surface area contributed by atoms with Crippen molar-refractivity contribution in [1.82, 2.24) is 5.43 Å². The zero-order valence-corrected chi connectivity index (χ0v) is 12.0. The van der Waals surface area contributed by atoms with E-state index < -0.39 is 11.9 Å². The van der Waals surface area contributed by atoms with E-state index in [1.807, 2.05) is 19.1 Å². The molecule has 0 aliphatic rings. The summed E-state index contributed by atoms with van der Waals surface area (Å²) in [5.41, 5.74) is 4.80. The van der Waals surface area contributed by atoms with E-state index in [1.165, 1.54) is 7.11 Å². The van der Waals surface area contributed by atoms with Crippen molar-refractivity contribution in [1.29, 1.82) is 0 Å². The van der Waals surface area contributed by atoms with Crippen LogP contribution in [0.4, 0.5) is 4.39 Å². The third-order valence-corrected chi connectivity index (χ3v) is 3.63. The molecule has 0 spiro atoms. The van der Waals surface area contributed by atoms with E-state index in [4.69, 9.17) is 22.2 Å². The molecule has 1 unspecified atom stereocenters. The Balaban J connectivity index is 2.49. The van der Waals surface area contributed by atoms with Crippen molar-refractivity contribution >= 4 is 11.6 Å². The standard InChI is InChI=1S/C15H16ClFN2O/c1-9-8-10(6-7-12(9)16)15(19-18)11-4-3-5-13(20-2)14(11)17/h3-8,15,19H,18H2,1-2H3. The molecule has 20 heavy (non-hydrogen) atoms. The molecule has 2 rings (SSSR count). The lowest BCUT2D eigenvalue weighted by Crippen LogP contribution is -2.29. The summed E-state index contributed by atoms with van der Waals surface area (Å²) in [6.07, 6.45) is 0. The van der Waals surface area contributed by atoms with Gasteiger partial charge in [0.15, 0.2) is 11.6 Å². The Bertz CT molecular complexity index is 619. The van der Waals surface area contributed by atoms with Gasteiger partial charge in [0, 0.05) is 10.6 Å². The molecule has 0 aromatic heterocycles. The summed E-state index contributed by atoms with van der Waals surface area (Å²) in [5, 5.41) is 0.663. The first-order valence-corrected chi connectivity index (χ1v) is 6.51. The predicted octanol–water partition coefficient (Wildman–Crippen LogP) is 3.35. The third kappa shape index (κ3) is 2.77. The smallest absolute Gasteiger partial charge is 0.170 e. The van der Waals surface area contributed by atoms with Gasteiger partial charge >= 0.3 is 0 Å². The van der Waals surface area contributed by atoms with Gasteiger partial charge in [-0.2, -0.15) is 0 Å². The Labute approximate surface area is 122 Å². The number of methoxy groups -OCH3 is 1. The van der Waals surface area contributed by atoms with Gasteiger partial charge in [0.05, 0.1) is 13.2 Å². The number of nitrogens with two attached hydrogens (primary N) is 1. The monoisotopic (exact) mass is 294 g/mol. The average molecular weight is 295 g/mol. The molecule has 0 aliphatic carbocycles. The second kappa shape index (κ2) is 6.22. The normalized spacial score (nSPS) is 12.2. The lowest BCUT2D eigenvalue weighted by atomic mass is 9.97. The minimum absolute atomic E-state index is 0.188. The van der Waals surface area contributed by atoms with Crippen molar-refractivity contribution in [3.63, 3.8) is 0 Å². The largest absolute Gasteiger partial charge is 0.494 e. The van der Waals surface area contributed by atoms with E-state index in [2.05, 4.69) is 5.43 Å². The van der Waals surface area contributed by atoms with Crippen molar-refractivity contribution in [3.8, 4) is 5.75 Å². The summed E-state index contributed by atoms with van der Waals surface area (Å²) < 4.78 is 19.3. The van der Waals surface area contributed by atoms with Crippen LogP contribution in [-0.4, -0.2) is 7.11 Å². The van der Waals surface area contributed by atoms with E-state index in [-0.39, 0.29) is 5.75 Å². The molecule has 2 aromatic rings. The number of rotatable bonds is 4. The molecule has 0 heterocycles. The van der Waals surface area contributed by atoms with Crippen LogP contribution >= 0.6 is 11.6 Å². The molecular weight excluding hydrogens is 279 g/mol. The third-order valence-electron chi connectivity index (χ3n) is 3.21. The molecule has 0 saturated heterocycles. The Morgan fingerprint density at radius 1 is 1.30 bits per heavy atom. The summed E-state index contributed by atoms with van der Waals surface area (Å²) in [4.78, 5) is 0. The second-order valence-corrected chi connectivity index (χ2v) is 4.88. The molecule has 106 valence electrons. The SMILES string of the molecule is COc1cccc(C(NN)c2ccc(Cl)c(C)c2)c1F. The van der Waals surface area contributed by atoms with Gasteiger partial charge in [-0.25, -0.2) is 9.82 Å². The first-order valence-electron chi connectivity index (χ1n) is 6.13. The van der Waals surface area contributed by atoms with Gasteiger partial charge < -0.3 is 4.74 Å². The summed E-state index contributed by atoms with van der Waals surface area (Å²) in [7, 11) is 1.43. The molecule has 0 fully saturated rings. The van der Waals surface area contributed by atoms with Crippen LogP contribution in [0.25, 0.3) is 0 Å². The van der Waals surface area contributed by atoms with Crippen molar-refractivity contribution in [2.75, 3.05) is 7.11 Å². The lowest BCUT2D eigenvalue weighted by Gasteiger charge is -2.19. The number of ether oxygens (including phenoxy) is 1. The van der Waals surface area contributed by atoms with E-state index in [1.54, 1.807) is 24.3 Å². The maximum Gasteiger partial charge on any atom is 0.170 e. The van der Waals surface area contributed by atoms with Crippen LogP contribution in [0.3, 0.4) is 0 Å². The first kappa shape index (κ1) is 14.8. The highest BCUT2D eigenvalue weighted by Crippen LogP contribution is 2.30. The molecule has 0 bridgehead atoms. The minimum atomic E-state index is -0.471. The van der Waals surface area contributed by atoms with Crippen molar-refractivity contribution in [3.05, 3.63) is 63.9 Å². The Hall–Kier alpha value is -1.62. The number of hydrogen-bond donors (Lipinski definition) is 2.